The molecule has 0 saturated heterocycles. The molecule has 2 heterocycles. The lowest BCUT2D eigenvalue weighted by Gasteiger charge is -2.04. The van der Waals surface area contributed by atoms with Crippen LogP contribution in [0.2, 0.25) is 4.34 Å². The summed E-state index contributed by atoms with van der Waals surface area (Å²) >= 11 is 8.51. The molecule has 0 bridgehead atoms. The Bertz CT molecular complexity index is 1030. The quantitative estimate of drug-likeness (QED) is 0.585. The number of benzene rings is 1. The highest BCUT2D eigenvalue weighted by atomic mass is 35.5. The first-order chi connectivity index (χ1) is 12.3. The maximum absolute atomic E-state index is 12.9. The van der Waals surface area contributed by atoms with Gasteiger partial charge in [-0.3, -0.25) is 4.79 Å². The average Bonchev–Trinajstić information content (AvgIpc) is 3.22. The number of carbonyl (C=O) groups is 1. The molecular weight excluding hydrogens is 419 g/mol. The van der Waals surface area contributed by atoms with Gasteiger partial charge in [-0.1, -0.05) is 11.6 Å². The van der Waals surface area contributed by atoms with E-state index in [-0.39, 0.29) is 17.1 Å². The minimum absolute atomic E-state index is 0.0159. The minimum Gasteiger partial charge on any atom is -0.302 e. The summed E-state index contributed by atoms with van der Waals surface area (Å²) in [6.45, 7) is 0. The summed E-state index contributed by atoms with van der Waals surface area (Å²) in [6, 6.07) is 8.10. The molecule has 0 unspecified atom stereocenters. The molecule has 3 aromatic rings. The average molecular weight is 431 g/mol. The molecular formula is C16H12ClFN2O3S3. The van der Waals surface area contributed by atoms with Crippen molar-refractivity contribution in [2.45, 2.75) is 11.3 Å². The standard InChI is InChI=1S/C16H12ClFN2O3S3/c17-14-6-5-13(25-14)12-9-24-16(19-12)20-15(21)7-8-26(22,23)11-3-1-10(18)2-4-11/h1-6,9H,7-8H2,(H,19,20,21). The number of halogens is 2. The van der Waals surface area contributed by atoms with Gasteiger partial charge in [0.1, 0.15) is 5.82 Å². The Morgan fingerprint density at radius 1 is 1.19 bits per heavy atom. The fourth-order valence-corrected chi connectivity index (χ4v) is 5.11. The summed E-state index contributed by atoms with van der Waals surface area (Å²) in [4.78, 5) is 17.2. The molecule has 10 heteroatoms. The van der Waals surface area contributed by atoms with E-state index < -0.39 is 21.6 Å². The third-order valence-electron chi connectivity index (χ3n) is 3.35. The second-order valence-electron chi connectivity index (χ2n) is 5.21. The van der Waals surface area contributed by atoms with Crippen LogP contribution < -0.4 is 5.32 Å². The number of nitrogens with one attached hydrogen (secondary N) is 1. The third kappa shape index (κ3) is 4.67. The normalized spacial score (nSPS) is 11.5. The summed E-state index contributed by atoms with van der Waals surface area (Å²) in [5.41, 5.74) is 0.695. The second kappa shape index (κ2) is 7.83. The van der Waals surface area contributed by atoms with Gasteiger partial charge >= 0.3 is 0 Å². The van der Waals surface area contributed by atoms with E-state index in [1.54, 1.807) is 11.4 Å². The number of hydrogen-bond acceptors (Lipinski definition) is 6. The van der Waals surface area contributed by atoms with Crippen LogP contribution in [-0.4, -0.2) is 25.1 Å². The van der Waals surface area contributed by atoms with Crippen molar-refractivity contribution >= 4 is 55.2 Å². The van der Waals surface area contributed by atoms with Crippen LogP contribution in [0, 0.1) is 5.82 Å². The molecule has 136 valence electrons. The Balaban J connectivity index is 1.59. The lowest BCUT2D eigenvalue weighted by molar-refractivity contribution is -0.115. The molecule has 1 N–H and O–H groups in total. The number of hydrogen-bond donors (Lipinski definition) is 1. The van der Waals surface area contributed by atoms with Gasteiger partial charge in [0.2, 0.25) is 5.91 Å². The summed E-state index contributed by atoms with van der Waals surface area (Å²) in [6.07, 6.45) is -0.223. The van der Waals surface area contributed by atoms with Crippen LogP contribution in [0.3, 0.4) is 0 Å². The highest BCUT2D eigenvalue weighted by Gasteiger charge is 2.17. The predicted molar refractivity (Wildman–Crippen MR) is 102 cm³/mol. The van der Waals surface area contributed by atoms with E-state index in [2.05, 4.69) is 10.3 Å². The highest BCUT2D eigenvalue weighted by Crippen LogP contribution is 2.32. The van der Waals surface area contributed by atoms with E-state index in [1.807, 2.05) is 6.07 Å². The molecule has 1 aromatic carbocycles. The minimum atomic E-state index is -3.66. The van der Waals surface area contributed by atoms with Gasteiger partial charge in [-0.25, -0.2) is 17.8 Å². The number of nitrogens with zero attached hydrogens (tertiary/aromatic N) is 1. The van der Waals surface area contributed by atoms with Crippen LogP contribution in [0.25, 0.3) is 10.6 Å². The summed E-state index contributed by atoms with van der Waals surface area (Å²) in [5, 5.41) is 4.76. The van der Waals surface area contributed by atoms with Gasteiger partial charge in [-0.05, 0) is 36.4 Å². The second-order valence-corrected chi connectivity index (χ2v) is 9.89. The number of rotatable bonds is 6. The molecule has 3 rings (SSSR count). The Morgan fingerprint density at radius 3 is 2.58 bits per heavy atom. The SMILES string of the molecule is O=C(CCS(=O)(=O)c1ccc(F)cc1)Nc1nc(-c2ccc(Cl)s2)cs1. The monoisotopic (exact) mass is 430 g/mol. The van der Waals surface area contributed by atoms with Gasteiger partial charge in [0.05, 0.1) is 25.6 Å². The van der Waals surface area contributed by atoms with Gasteiger partial charge in [-0.15, -0.1) is 22.7 Å². The van der Waals surface area contributed by atoms with Crippen LogP contribution in [-0.2, 0) is 14.6 Å². The van der Waals surface area contributed by atoms with E-state index in [4.69, 9.17) is 11.6 Å². The van der Waals surface area contributed by atoms with Gasteiger partial charge in [-0.2, -0.15) is 0 Å². The maximum Gasteiger partial charge on any atom is 0.227 e. The van der Waals surface area contributed by atoms with E-state index in [1.165, 1.54) is 34.8 Å². The summed E-state index contributed by atoms with van der Waals surface area (Å²) < 4.78 is 37.9. The maximum atomic E-state index is 12.9. The molecule has 0 aliphatic rings. The molecule has 0 atom stereocenters. The van der Waals surface area contributed by atoms with Crippen molar-refractivity contribution in [3.63, 3.8) is 0 Å². The molecule has 0 saturated carbocycles. The molecule has 0 spiro atoms. The van der Waals surface area contributed by atoms with E-state index >= 15 is 0 Å². The van der Waals surface area contributed by atoms with Crippen molar-refractivity contribution in [3.8, 4) is 10.6 Å². The number of thiazole rings is 1. The Hall–Kier alpha value is -1.81. The van der Waals surface area contributed by atoms with Gasteiger partial charge < -0.3 is 5.32 Å². The first-order valence-electron chi connectivity index (χ1n) is 7.33. The van der Waals surface area contributed by atoms with Gasteiger partial charge in [0, 0.05) is 11.8 Å². The summed E-state index contributed by atoms with van der Waals surface area (Å²) in [5.74, 6) is -1.35. The van der Waals surface area contributed by atoms with E-state index in [9.17, 15) is 17.6 Å². The Kier molecular flexibility index (Phi) is 5.71. The van der Waals surface area contributed by atoms with E-state index in [0.29, 0.717) is 15.2 Å². The summed E-state index contributed by atoms with van der Waals surface area (Å²) in [7, 11) is -3.66. The highest BCUT2D eigenvalue weighted by molar-refractivity contribution is 7.91. The zero-order chi connectivity index (χ0) is 18.7. The van der Waals surface area contributed by atoms with Crippen LogP contribution in [0.4, 0.5) is 9.52 Å². The molecule has 2 aromatic heterocycles. The molecule has 0 radical (unpaired) electrons. The fraction of sp³-hybridized carbons (Fsp3) is 0.125. The number of aromatic nitrogens is 1. The molecule has 0 aliphatic carbocycles. The lowest BCUT2D eigenvalue weighted by atomic mass is 10.4. The zero-order valence-corrected chi connectivity index (χ0v) is 16.3. The zero-order valence-electron chi connectivity index (χ0n) is 13.1. The van der Waals surface area contributed by atoms with Crippen molar-refractivity contribution in [2.24, 2.45) is 0 Å². The molecule has 5 nitrogen and oxygen atoms in total. The number of amides is 1. The van der Waals surface area contributed by atoms with Crippen LogP contribution >= 0.6 is 34.3 Å². The van der Waals surface area contributed by atoms with Crippen molar-refractivity contribution in [1.82, 2.24) is 4.98 Å². The number of anilines is 1. The number of carbonyl (C=O) groups excluding carboxylic acids is 1. The van der Waals surface area contributed by atoms with Crippen molar-refractivity contribution in [1.29, 1.82) is 0 Å². The van der Waals surface area contributed by atoms with Gasteiger partial charge in [0.25, 0.3) is 0 Å². The number of sulfone groups is 1. The van der Waals surface area contributed by atoms with Crippen LogP contribution in [0.1, 0.15) is 6.42 Å². The van der Waals surface area contributed by atoms with Crippen molar-refractivity contribution in [3.05, 3.63) is 51.9 Å². The molecule has 26 heavy (non-hydrogen) atoms. The Labute approximate surface area is 162 Å². The van der Waals surface area contributed by atoms with Gasteiger partial charge in [0.15, 0.2) is 15.0 Å². The first kappa shape index (κ1) is 19.0. The van der Waals surface area contributed by atoms with Crippen molar-refractivity contribution in [2.75, 3.05) is 11.1 Å². The Morgan fingerprint density at radius 2 is 1.92 bits per heavy atom. The molecule has 0 fully saturated rings. The van der Waals surface area contributed by atoms with Crippen LogP contribution in [0.5, 0.6) is 0 Å². The smallest absolute Gasteiger partial charge is 0.227 e. The topological polar surface area (TPSA) is 76.1 Å². The fourth-order valence-electron chi connectivity index (χ4n) is 2.06. The molecule has 0 aliphatic heterocycles. The van der Waals surface area contributed by atoms with Crippen LogP contribution in [0.15, 0.2) is 46.7 Å². The first-order valence-corrected chi connectivity index (χ1v) is 11.1. The number of thiophene rings is 1. The lowest BCUT2D eigenvalue weighted by Crippen LogP contribution is -2.17. The largest absolute Gasteiger partial charge is 0.302 e. The predicted octanol–water partition coefficient (Wildman–Crippen LogP) is 4.47. The molecule has 1 amide bonds. The third-order valence-corrected chi connectivity index (χ3v) is 7.09. The van der Waals surface area contributed by atoms with Crippen molar-refractivity contribution < 1.29 is 17.6 Å². The van der Waals surface area contributed by atoms with E-state index in [0.717, 1.165) is 17.0 Å².